The lowest BCUT2D eigenvalue weighted by Crippen LogP contribution is -2.10. The highest BCUT2D eigenvalue weighted by atomic mass is 19.1. The summed E-state index contributed by atoms with van der Waals surface area (Å²) in [7, 11) is 1.63. The van der Waals surface area contributed by atoms with Gasteiger partial charge >= 0.3 is 5.97 Å². The van der Waals surface area contributed by atoms with Crippen LogP contribution in [-0.2, 0) is 24.3 Å². The van der Waals surface area contributed by atoms with Gasteiger partial charge in [-0.05, 0) is 59.7 Å². The Kier molecular flexibility index (Phi) is 8.76. The Morgan fingerprint density at radius 1 is 0.978 bits per heavy atom. The van der Waals surface area contributed by atoms with E-state index in [1.165, 1.54) is 12.1 Å². The Morgan fingerprint density at radius 2 is 1.85 bits per heavy atom. The quantitative estimate of drug-likeness (QED) is 0.172. The van der Waals surface area contributed by atoms with E-state index in [0.717, 1.165) is 33.6 Å². The smallest absolute Gasteiger partial charge is 0.335 e. The summed E-state index contributed by atoms with van der Waals surface area (Å²) in [5.41, 5.74) is 6.56. The van der Waals surface area contributed by atoms with E-state index in [9.17, 15) is 14.3 Å². The zero-order valence-corrected chi connectivity index (χ0v) is 24.9. The molecule has 0 aliphatic rings. The molecular formula is C36H28FN5O4. The molecule has 0 saturated carbocycles. The molecule has 6 rings (SSSR count). The summed E-state index contributed by atoms with van der Waals surface area (Å²) >= 11 is 0. The highest BCUT2D eigenvalue weighted by Crippen LogP contribution is 2.32. The predicted octanol–water partition coefficient (Wildman–Crippen LogP) is 6.69. The Morgan fingerprint density at radius 3 is 2.61 bits per heavy atom. The van der Waals surface area contributed by atoms with E-state index in [0.29, 0.717) is 42.2 Å². The van der Waals surface area contributed by atoms with Crippen molar-refractivity contribution in [1.29, 1.82) is 5.26 Å². The SMILES string of the molecule is COCCn1c(Cc2ccc(-c3cccc(OCc4ccc(C#N)cc4F)n3)cc2-c2cccnc2)nc2ccc(C(=O)O)cc21. The maximum Gasteiger partial charge on any atom is 0.335 e. The molecule has 0 amide bonds. The number of nitriles is 1. The van der Waals surface area contributed by atoms with Crippen molar-refractivity contribution in [2.75, 3.05) is 13.7 Å². The summed E-state index contributed by atoms with van der Waals surface area (Å²) in [5, 5.41) is 18.6. The van der Waals surface area contributed by atoms with E-state index < -0.39 is 11.8 Å². The average molecular weight is 614 g/mol. The molecule has 46 heavy (non-hydrogen) atoms. The molecule has 0 aliphatic carbocycles. The maximum absolute atomic E-state index is 14.4. The van der Waals surface area contributed by atoms with Gasteiger partial charge in [0.2, 0.25) is 5.88 Å². The molecule has 0 bridgehead atoms. The van der Waals surface area contributed by atoms with Gasteiger partial charge in [-0.1, -0.05) is 30.3 Å². The second-order valence-electron chi connectivity index (χ2n) is 10.5. The van der Waals surface area contributed by atoms with Crippen molar-refractivity contribution in [3.63, 3.8) is 0 Å². The molecule has 6 aromatic rings. The number of carboxylic acid groups (broad SMARTS) is 1. The van der Waals surface area contributed by atoms with Crippen LogP contribution in [0.2, 0.25) is 0 Å². The first-order valence-corrected chi connectivity index (χ1v) is 14.5. The Hall–Kier alpha value is -5.92. The van der Waals surface area contributed by atoms with Gasteiger partial charge in [0.05, 0.1) is 40.5 Å². The normalized spacial score (nSPS) is 11.0. The summed E-state index contributed by atoms with van der Waals surface area (Å²) < 4.78 is 27.6. The lowest BCUT2D eigenvalue weighted by molar-refractivity contribution is 0.0697. The maximum atomic E-state index is 14.4. The lowest BCUT2D eigenvalue weighted by Gasteiger charge is -2.14. The van der Waals surface area contributed by atoms with Gasteiger partial charge < -0.3 is 19.1 Å². The number of imidazole rings is 1. The number of nitrogens with zero attached hydrogens (tertiary/aromatic N) is 5. The van der Waals surface area contributed by atoms with Crippen molar-refractivity contribution >= 4 is 17.0 Å². The zero-order chi connectivity index (χ0) is 32.0. The number of aromatic nitrogens is 4. The molecule has 0 atom stereocenters. The molecular weight excluding hydrogens is 585 g/mol. The van der Waals surface area contributed by atoms with Gasteiger partial charge in [0, 0.05) is 55.2 Å². The minimum atomic E-state index is -0.998. The molecule has 10 heteroatoms. The van der Waals surface area contributed by atoms with E-state index in [1.54, 1.807) is 49.8 Å². The minimum absolute atomic E-state index is 0.0358. The van der Waals surface area contributed by atoms with Gasteiger partial charge in [-0.15, -0.1) is 0 Å². The summed E-state index contributed by atoms with van der Waals surface area (Å²) in [6.45, 7) is 0.909. The number of fused-ring (bicyclic) bond motifs is 1. The van der Waals surface area contributed by atoms with Crippen LogP contribution in [0.25, 0.3) is 33.4 Å². The van der Waals surface area contributed by atoms with Crippen molar-refractivity contribution in [1.82, 2.24) is 19.5 Å². The van der Waals surface area contributed by atoms with E-state index in [4.69, 9.17) is 19.7 Å². The van der Waals surface area contributed by atoms with Gasteiger partial charge in [-0.25, -0.2) is 19.2 Å². The fraction of sp³-hybridized carbons (Fsp3) is 0.139. The Bertz CT molecular complexity index is 2090. The number of methoxy groups -OCH3 is 1. The van der Waals surface area contributed by atoms with Crippen molar-refractivity contribution < 1.29 is 23.8 Å². The number of halogens is 1. The third-order valence-electron chi connectivity index (χ3n) is 7.60. The van der Waals surface area contributed by atoms with Crippen molar-refractivity contribution in [3.8, 4) is 34.3 Å². The van der Waals surface area contributed by atoms with Crippen molar-refractivity contribution in [3.05, 3.63) is 131 Å². The minimum Gasteiger partial charge on any atom is -0.478 e. The molecule has 0 aliphatic heterocycles. The first-order chi connectivity index (χ1) is 22.4. The summed E-state index contributed by atoms with van der Waals surface area (Å²) in [6.07, 6.45) is 3.99. The van der Waals surface area contributed by atoms with Crippen LogP contribution in [0.3, 0.4) is 0 Å². The topological polar surface area (TPSA) is 123 Å². The number of benzene rings is 3. The van der Waals surface area contributed by atoms with Crippen molar-refractivity contribution in [2.24, 2.45) is 0 Å². The van der Waals surface area contributed by atoms with Crippen LogP contribution in [0.15, 0.2) is 97.3 Å². The van der Waals surface area contributed by atoms with Crippen LogP contribution in [0, 0.1) is 17.1 Å². The number of pyridine rings is 2. The van der Waals surface area contributed by atoms with E-state index >= 15 is 0 Å². The molecule has 228 valence electrons. The molecule has 0 spiro atoms. The van der Waals surface area contributed by atoms with Crippen LogP contribution in [0.5, 0.6) is 5.88 Å². The first-order valence-electron chi connectivity index (χ1n) is 14.5. The summed E-state index contributed by atoms with van der Waals surface area (Å²) in [6, 6.07) is 26.5. The fourth-order valence-corrected chi connectivity index (χ4v) is 5.27. The molecule has 0 radical (unpaired) electrons. The summed E-state index contributed by atoms with van der Waals surface area (Å²) in [4.78, 5) is 25.6. The molecule has 9 nitrogen and oxygen atoms in total. The van der Waals surface area contributed by atoms with Crippen LogP contribution in [0.4, 0.5) is 4.39 Å². The number of aromatic carboxylic acids is 1. The molecule has 1 N–H and O–H groups in total. The lowest BCUT2D eigenvalue weighted by atomic mass is 9.95. The zero-order valence-electron chi connectivity index (χ0n) is 24.9. The van der Waals surface area contributed by atoms with Crippen LogP contribution in [0.1, 0.15) is 32.9 Å². The molecule has 0 saturated heterocycles. The van der Waals surface area contributed by atoms with E-state index in [1.807, 2.05) is 53.1 Å². The highest BCUT2D eigenvalue weighted by molar-refractivity contribution is 5.92. The third-order valence-corrected chi connectivity index (χ3v) is 7.60. The molecule has 3 aromatic heterocycles. The number of hydrogen-bond acceptors (Lipinski definition) is 7. The Balaban J connectivity index is 1.34. The van der Waals surface area contributed by atoms with Crippen LogP contribution < -0.4 is 4.74 Å². The average Bonchev–Trinajstić information content (AvgIpc) is 3.43. The van der Waals surface area contributed by atoms with E-state index in [2.05, 4.69) is 9.97 Å². The van der Waals surface area contributed by atoms with Gasteiger partial charge in [-0.3, -0.25) is 4.98 Å². The van der Waals surface area contributed by atoms with Gasteiger partial charge in [0.1, 0.15) is 18.2 Å². The highest BCUT2D eigenvalue weighted by Gasteiger charge is 2.17. The standard InChI is InChI=1S/C36H28FN5O4/c1-45-15-14-42-33-18-26(36(43)44)11-12-32(33)40-34(42)19-24-9-10-25(17-29(24)27-4-3-13-39-21-27)31-5-2-6-35(41-31)46-22-28-8-7-23(20-38)16-30(28)37/h2-13,16-18,21H,14-15,19,22H2,1H3,(H,43,44). The molecule has 3 aromatic carbocycles. The fourth-order valence-electron chi connectivity index (χ4n) is 5.27. The predicted molar refractivity (Wildman–Crippen MR) is 170 cm³/mol. The van der Waals surface area contributed by atoms with Gasteiger partial charge in [0.15, 0.2) is 0 Å². The molecule has 0 fully saturated rings. The number of ether oxygens (including phenoxy) is 2. The Labute approximate surface area is 264 Å². The monoisotopic (exact) mass is 613 g/mol. The number of carboxylic acids is 1. The van der Waals surface area contributed by atoms with E-state index in [-0.39, 0.29) is 17.7 Å². The second-order valence-corrected chi connectivity index (χ2v) is 10.5. The number of rotatable bonds is 11. The first kappa shape index (κ1) is 30.1. The second kappa shape index (κ2) is 13.4. The van der Waals surface area contributed by atoms with Gasteiger partial charge in [0.25, 0.3) is 0 Å². The van der Waals surface area contributed by atoms with Crippen LogP contribution >= 0.6 is 0 Å². The largest absolute Gasteiger partial charge is 0.478 e. The van der Waals surface area contributed by atoms with Crippen LogP contribution in [-0.4, -0.2) is 44.3 Å². The van der Waals surface area contributed by atoms with Crippen molar-refractivity contribution in [2.45, 2.75) is 19.6 Å². The molecule has 0 unspecified atom stereocenters. The molecule has 3 heterocycles. The number of hydrogen-bond donors (Lipinski definition) is 1. The number of carbonyl (C=O) groups is 1. The summed E-state index contributed by atoms with van der Waals surface area (Å²) in [5.74, 6) is -0.399. The third kappa shape index (κ3) is 6.45. The van der Waals surface area contributed by atoms with Gasteiger partial charge in [-0.2, -0.15) is 5.26 Å².